The van der Waals surface area contributed by atoms with E-state index in [4.69, 9.17) is 0 Å². The first-order valence-corrected chi connectivity index (χ1v) is 6.85. The first-order chi connectivity index (χ1) is 9.33. The lowest BCUT2D eigenvalue weighted by Gasteiger charge is -2.30. The third kappa shape index (κ3) is 2.86. The van der Waals surface area contributed by atoms with Gasteiger partial charge in [-0.05, 0) is 23.1 Å². The van der Waals surface area contributed by atoms with Crippen molar-refractivity contribution >= 4 is 0 Å². The number of aliphatic hydroxyl groups is 1. The zero-order valence-corrected chi connectivity index (χ0v) is 11.0. The van der Waals surface area contributed by atoms with Crippen LogP contribution in [0.1, 0.15) is 22.8 Å². The fourth-order valence-corrected chi connectivity index (χ4v) is 2.74. The molecular weight excluding hydrogens is 234 g/mol. The second-order valence-corrected chi connectivity index (χ2v) is 5.18. The first kappa shape index (κ1) is 12.4. The Labute approximate surface area is 114 Å². The van der Waals surface area contributed by atoms with Crippen LogP contribution in [0.3, 0.4) is 0 Å². The monoisotopic (exact) mass is 253 g/mol. The quantitative estimate of drug-likeness (QED) is 0.909. The van der Waals surface area contributed by atoms with Crippen LogP contribution < -0.4 is 0 Å². The van der Waals surface area contributed by atoms with E-state index in [9.17, 15) is 5.11 Å². The molecule has 0 aliphatic carbocycles. The summed E-state index contributed by atoms with van der Waals surface area (Å²) in [7, 11) is 0. The van der Waals surface area contributed by atoms with Gasteiger partial charge in [0.1, 0.15) is 0 Å². The van der Waals surface area contributed by atoms with Crippen molar-refractivity contribution in [3.63, 3.8) is 0 Å². The smallest absolute Gasteiger partial charge is 0.0917 e. The Kier molecular flexibility index (Phi) is 3.62. The lowest BCUT2D eigenvalue weighted by molar-refractivity contribution is 0.106. The van der Waals surface area contributed by atoms with Crippen LogP contribution in [0.15, 0.2) is 54.6 Å². The summed E-state index contributed by atoms with van der Waals surface area (Å²) in [4.78, 5) is 2.33. The second kappa shape index (κ2) is 5.55. The molecule has 0 fully saturated rings. The van der Waals surface area contributed by atoms with Gasteiger partial charge in [0.15, 0.2) is 0 Å². The van der Waals surface area contributed by atoms with Crippen LogP contribution in [-0.4, -0.2) is 23.1 Å². The fraction of sp³-hybridized carbons (Fsp3) is 0.294. The fourth-order valence-electron chi connectivity index (χ4n) is 2.74. The van der Waals surface area contributed by atoms with Crippen molar-refractivity contribution in [1.29, 1.82) is 0 Å². The number of hydrogen-bond donors (Lipinski definition) is 1. The highest BCUT2D eigenvalue weighted by Gasteiger charge is 2.18. The minimum absolute atomic E-state index is 0.397. The van der Waals surface area contributed by atoms with Crippen molar-refractivity contribution in [3.05, 3.63) is 71.3 Å². The molecule has 0 saturated carbocycles. The summed E-state index contributed by atoms with van der Waals surface area (Å²) in [5.41, 5.74) is 3.85. The van der Waals surface area contributed by atoms with Crippen LogP contribution in [0.2, 0.25) is 0 Å². The van der Waals surface area contributed by atoms with Gasteiger partial charge in [0.25, 0.3) is 0 Å². The van der Waals surface area contributed by atoms with E-state index in [1.807, 2.05) is 30.3 Å². The molecule has 2 aromatic carbocycles. The predicted molar refractivity (Wildman–Crippen MR) is 76.8 cm³/mol. The molecule has 0 unspecified atom stereocenters. The van der Waals surface area contributed by atoms with Gasteiger partial charge in [-0.1, -0.05) is 54.6 Å². The molecule has 1 aliphatic heterocycles. The van der Waals surface area contributed by atoms with E-state index < -0.39 is 6.10 Å². The van der Waals surface area contributed by atoms with Crippen molar-refractivity contribution in [2.24, 2.45) is 0 Å². The second-order valence-electron chi connectivity index (χ2n) is 5.18. The largest absolute Gasteiger partial charge is 0.387 e. The van der Waals surface area contributed by atoms with Crippen LogP contribution >= 0.6 is 0 Å². The van der Waals surface area contributed by atoms with Crippen molar-refractivity contribution < 1.29 is 5.11 Å². The van der Waals surface area contributed by atoms with E-state index in [1.165, 1.54) is 11.1 Å². The lowest BCUT2D eigenvalue weighted by Crippen LogP contribution is -2.33. The molecule has 0 spiro atoms. The van der Waals surface area contributed by atoms with E-state index in [2.05, 4.69) is 29.2 Å². The molecule has 1 heterocycles. The summed E-state index contributed by atoms with van der Waals surface area (Å²) in [5, 5.41) is 10.3. The minimum atomic E-state index is -0.397. The van der Waals surface area contributed by atoms with E-state index in [-0.39, 0.29) is 0 Å². The standard InChI is InChI=1S/C17H19NO/c19-17(15-7-2-1-3-8-15)13-18-11-10-14-6-4-5-9-16(14)12-18/h1-9,17,19H,10-13H2/t17-/m1/s1. The highest BCUT2D eigenvalue weighted by molar-refractivity contribution is 5.29. The van der Waals surface area contributed by atoms with Gasteiger partial charge in [0.05, 0.1) is 6.10 Å². The molecule has 0 saturated heterocycles. The zero-order valence-electron chi connectivity index (χ0n) is 11.0. The van der Waals surface area contributed by atoms with Crippen molar-refractivity contribution in [3.8, 4) is 0 Å². The molecule has 3 rings (SSSR count). The lowest BCUT2D eigenvalue weighted by atomic mass is 9.99. The van der Waals surface area contributed by atoms with Crippen LogP contribution in [-0.2, 0) is 13.0 Å². The van der Waals surface area contributed by atoms with Gasteiger partial charge in [-0.2, -0.15) is 0 Å². The van der Waals surface area contributed by atoms with Crippen LogP contribution in [0.5, 0.6) is 0 Å². The Hall–Kier alpha value is -1.64. The molecule has 0 radical (unpaired) electrons. The zero-order chi connectivity index (χ0) is 13.1. The van der Waals surface area contributed by atoms with Gasteiger partial charge < -0.3 is 5.11 Å². The van der Waals surface area contributed by atoms with Gasteiger partial charge in [0, 0.05) is 19.6 Å². The molecule has 2 heteroatoms. The first-order valence-electron chi connectivity index (χ1n) is 6.85. The SMILES string of the molecule is O[C@H](CN1CCc2ccccc2C1)c1ccccc1. The number of nitrogens with zero attached hydrogens (tertiary/aromatic N) is 1. The molecular formula is C17H19NO. The van der Waals surface area contributed by atoms with Gasteiger partial charge in [-0.15, -0.1) is 0 Å². The number of aliphatic hydroxyl groups excluding tert-OH is 1. The molecule has 0 amide bonds. The van der Waals surface area contributed by atoms with Crippen molar-refractivity contribution in [2.45, 2.75) is 19.1 Å². The third-order valence-electron chi connectivity index (χ3n) is 3.83. The number of rotatable bonds is 3. The van der Waals surface area contributed by atoms with Gasteiger partial charge in [-0.25, -0.2) is 0 Å². The van der Waals surface area contributed by atoms with Crippen molar-refractivity contribution in [1.82, 2.24) is 4.90 Å². The molecule has 0 bridgehead atoms. The van der Waals surface area contributed by atoms with E-state index in [1.54, 1.807) is 0 Å². The summed E-state index contributed by atoms with van der Waals surface area (Å²) in [6, 6.07) is 18.5. The molecule has 19 heavy (non-hydrogen) atoms. The van der Waals surface area contributed by atoms with Crippen LogP contribution in [0, 0.1) is 0 Å². The molecule has 2 nitrogen and oxygen atoms in total. The van der Waals surface area contributed by atoms with Gasteiger partial charge in [0.2, 0.25) is 0 Å². The summed E-state index contributed by atoms with van der Waals surface area (Å²) in [6.07, 6.45) is 0.684. The molecule has 1 N–H and O–H groups in total. The summed E-state index contributed by atoms with van der Waals surface area (Å²) < 4.78 is 0. The third-order valence-corrected chi connectivity index (χ3v) is 3.83. The summed E-state index contributed by atoms with van der Waals surface area (Å²) in [5.74, 6) is 0. The van der Waals surface area contributed by atoms with Gasteiger partial charge in [-0.3, -0.25) is 4.90 Å². The summed E-state index contributed by atoms with van der Waals surface area (Å²) in [6.45, 7) is 2.68. The van der Waals surface area contributed by atoms with Crippen molar-refractivity contribution in [2.75, 3.05) is 13.1 Å². The normalized spacial score (nSPS) is 16.9. The highest BCUT2D eigenvalue weighted by atomic mass is 16.3. The minimum Gasteiger partial charge on any atom is -0.387 e. The average Bonchev–Trinajstić information content (AvgIpc) is 2.48. The predicted octanol–water partition coefficient (Wildman–Crippen LogP) is 2.78. The highest BCUT2D eigenvalue weighted by Crippen LogP contribution is 2.21. The number of hydrogen-bond acceptors (Lipinski definition) is 2. The van der Waals surface area contributed by atoms with Crippen LogP contribution in [0.25, 0.3) is 0 Å². The molecule has 0 aromatic heterocycles. The molecule has 1 atom stereocenters. The maximum atomic E-state index is 10.3. The molecule has 98 valence electrons. The average molecular weight is 253 g/mol. The Morgan fingerprint density at radius 2 is 1.63 bits per heavy atom. The maximum absolute atomic E-state index is 10.3. The number of fused-ring (bicyclic) bond motifs is 1. The molecule has 2 aromatic rings. The topological polar surface area (TPSA) is 23.5 Å². The van der Waals surface area contributed by atoms with E-state index in [0.29, 0.717) is 6.54 Å². The Bertz CT molecular complexity index is 538. The Morgan fingerprint density at radius 1 is 0.947 bits per heavy atom. The van der Waals surface area contributed by atoms with E-state index in [0.717, 1.165) is 25.1 Å². The summed E-state index contributed by atoms with van der Waals surface area (Å²) >= 11 is 0. The Morgan fingerprint density at radius 3 is 2.42 bits per heavy atom. The maximum Gasteiger partial charge on any atom is 0.0917 e. The number of benzene rings is 2. The van der Waals surface area contributed by atoms with E-state index >= 15 is 0 Å². The van der Waals surface area contributed by atoms with Gasteiger partial charge >= 0.3 is 0 Å². The Balaban J connectivity index is 1.66. The molecule has 1 aliphatic rings. The van der Waals surface area contributed by atoms with Crippen LogP contribution in [0.4, 0.5) is 0 Å². The number of β-amino-alcohol motifs (C(OH)–C–C–N with tert-alkyl or cyclic N) is 1.